The van der Waals surface area contributed by atoms with Crippen LogP contribution in [0, 0.1) is 0 Å². The molecule has 0 atom stereocenters. The van der Waals surface area contributed by atoms with E-state index in [4.69, 9.17) is 0 Å². The maximum absolute atomic E-state index is 12.0. The summed E-state index contributed by atoms with van der Waals surface area (Å²) in [7, 11) is -3.29. The van der Waals surface area contributed by atoms with Crippen molar-refractivity contribution < 1.29 is 8.42 Å². The number of hydrogen-bond acceptors (Lipinski definition) is 4. The molecular formula is C21H26N4O2S. The maximum Gasteiger partial charge on any atom is 0.216 e. The van der Waals surface area contributed by atoms with Crippen LogP contribution in [-0.4, -0.2) is 24.0 Å². The van der Waals surface area contributed by atoms with E-state index in [1.54, 1.807) is 12.5 Å². The van der Waals surface area contributed by atoms with E-state index in [0.717, 1.165) is 29.9 Å². The summed E-state index contributed by atoms with van der Waals surface area (Å²) in [5.74, 6) is 0.00214. The van der Waals surface area contributed by atoms with Crippen molar-refractivity contribution in [3.05, 3.63) is 83.9 Å². The Morgan fingerprint density at radius 3 is 2.04 bits per heavy atom. The van der Waals surface area contributed by atoms with Crippen LogP contribution in [0.5, 0.6) is 0 Å². The Kier molecular flexibility index (Phi) is 6.61. The van der Waals surface area contributed by atoms with Crippen LogP contribution < -0.4 is 10.0 Å². The second-order valence-corrected chi connectivity index (χ2v) is 8.84. The highest BCUT2D eigenvalue weighted by atomic mass is 32.2. The van der Waals surface area contributed by atoms with Crippen LogP contribution in [0.4, 0.5) is 0 Å². The number of nitrogens with zero attached hydrogens (tertiary/aromatic N) is 2. The van der Waals surface area contributed by atoms with Crippen molar-refractivity contribution in [3.8, 4) is 5.69 Å². The third kappa shape index (κ3) is 6.02. The first-order valence-electron chi connectivity index (χ1n) is 9.27. The number of hydrogen-bond donors (Lipinski definition) is 2. The minimum atomic E-state index is -3.29. The highest BCUT2D eigenvalue weighted by Gasteiger charge is 2.12. The van der Waals surface area contributed by atoms with Crippen molar-refractivity contribution >= 4 is 10.0 Å². The van der Waals surface area contributed by atoms with Gasteiger partial charge in [0.2, 0.25) is 10.0 Å². The lowest BCUT2D eigenvalue weighted by molar-refractivity contribution is 0.569. The molecular weight excluding hydrogens is 372 g/mol. The first-order valence-corrected chi connectivity index (χ1v) is 10.9. The van der Waals surface area contributed by atoms with E-state index in [1.807, 2.05) is 48.9 Å². The molecule has 2 N–H and O–H groups in total. The van der Waals surface area contributed by atoms with E-state index in [2.05, 4.69) is 39.3 Å². The zero-order chi connectivity index (χ0) is 20.0. The number of nitrogens with one attached hydrogen (secondary N) is 2. The van der Waals surface area contributed by atoms with Gasteiger partial charge in [0.15, 0.2) is 0 Å². The minimum Gasteiger partial charge on any atom is -0.309 e. The van der Waals surface area contributed by atoms with Crippen LogP contribution in [0.3, 0.4) is 0 Å². The van der Waals surface area contributed by atoms with Crippen molar-refractivity contribution in [1.29, 1.82) is 0 Å². The van der Waals surface area contributed by atoms with E-state index in [1.165, 1.54) is 5.56 Å². The average Bonchev–Trinajstić information content (AvgIpc) is 3.17. The number of sulfonamides is 1. The van der Waals surface area contributed by atoms with Crippen molar-refractivity contribution in [2.75, 3.05) is 0 Å². The molecule has 0 aliphatic heterocycles. The largest absolute Gasteiger partial charge is 0.309 e. The Balaban J connectivity index is 1.48. The number of benzene rings is 2. The molecule has 0 fully saturated rings. The van der Waals surface area contributed by atoms with E-state index in [-0.39, 0.29) is 11.8 Å². The molecule has 0 bridgehead atoms. The van der Waals surface area contributed by atoms with Gasteiger partial charge < -0.3 is 9.88 Å². The van der Waals surface area contributed by atoms with Gasteiger partial charge in [0.25, 0.3) is 0 Å². The molecule has 3 aromatic rings. The van der Waals surface area contributed by atoms with Crippen LogP contribution in [0.1, 0.15) is 30.5 Å². The molecule has 148 valence electrons. The fourth-order valence-electron chi connectivity index (χ4n) is 2.92. The first-order chi connectivity index (χ1) is 13.4. The number of aromatic nitrogens is 2. The number of rotatable bonds is 9. The second-order valence-electron chi connectivity index (χ2n) is 7.09. The third-order valence-electron chi connectivity index (χ3n) is 4.19. The SMILES string of the molecule is CC(C)NS(=O)(=O)Cc1ccc(CNCc2ccc(-n3ccnc3)cc2)cc1. The first kappa shape index (κ1) is 20.3. The lowest BCUT2D eigenvalue weighted by atomic mass is 10.1. The maximum atomic E-state index is 12.0. The second kappa shape index (κ2) is 9.14. The summed E-state index contributed by atoms with van der Waals surface area (Å²) in [4.78, 5) is 4.06. The Labute approximate surface area is 166 Å². The Bertz CT molecular complexity index is 964. The van der Waals surface area contributed by atoms with Crippen molar-refractivity contribution in [2.24, 2.45) is 0 Å². The highest BCUT2D eigenvalue weighted by Crippen LogP contribution is 2.11. The zero-order valence-electron chi connectivity index (χ0n) is 16.2. The summed E-state index contributed by atoms with van der Waals surface area (Å²) < 4.78 is 28.6. The standard InChI is InChI=1S/C21H26N4O2S/c1-17(2)24-28(26,27)15-20-5-3-18(4-6-20)13-23-14-19-7-9-21(10-8-19)25-12-11-22-16-25/h3-12,16-17,23-24H,13-15H2,1-2H3. The Morgan fingerprint density at radius 1 is 0.929 bits per heavy atom. The molecule has 0 saturated heterocycles. The van der Waals surface area contributed by atoms with Gasteiger partial charge in [0, 0.05) is 37.2 Å². The molecule has 3 rings (SSSR count). The van der Waals surface area contributed by atoms with Gasteiger partial charge in [-0.25, -0.2) is 18.1 Å². The predicted octanol–water partition coefficient (Wildman–Crippen LogP) is 2.99. The fraction of sp³-hybridized carbons (Fsp3) is 0.286. The van der Waals surface area contributed by atoms with Gasteiger partial charge in [-0.05, 0) is 42.7 Å². The van der Waals surface area contributed by atoms with E-state index < -0.39 is 10.0 Å². The topological polar surface area (TPSA) is 76.0 Å². The summed E-state index contributed by atoms with van der Waals surface area (Å²) in [6, 6.07) is 15.9. The van der Waals surface area contributed by atoms with Crippen molar-refractivity contribution in [1.82, 2.24) is 19.6 Å². The van der Waals surface area contributed by atoms with Crippen LogP contribution in [0.2, 0.25) is 0 Å². The van der Waals surface area contributed by atoms with Gasteiger partial charge in [-0.15, -0.1) is 0 Å². The normalized spacial score (nSPS) is 11.8. The third-order valence-corrected chi connectivity index (χ3v) is 5.74. The minimum absolute atomic E-state index is 0.00214. The average molecular weight is 399 g/mol. The highest BCUT2D eigenvalue weighted by molar-refractivity contribution is 7.88. The molecule has 28 heavy (non-hydrogen) atoms. The molecule has 7 heteroatoms. The summed E-state index contributed by atoms with van der Waals surface area (Å²) in [5.41, 5.74) is 4.19. The summed E-state index contributed by atoms with van der Waals surface area (Å²) in [6.45, 7) is 5.12. The lowest BCUT2D eigenvalue weighted by Crippen LogP contribution is -2.31. The van der Waals surface area contributed by atoms with E-state index >= 15 is 0 Å². The van der Waals surface area contributed by atoms with Crippen LogP contribution >= 0.6 is 0 Å². The van der Waals surface area contributed by atoms with Crippen LogP contribution in [-0.2, 0) is 28.9 Å². The lowest BCUT2D eigenvalue weighted by Gasteiger charge is -2.10. The predicted molar refractivity (Wildman–Crippen MR) is 111 cm³/mol. The molecule has 0 radical (unpaired) electrons. The molecule has 0 amide bonds. The molecule has 2 aromatic carbocycles. The molecule has 0 aliphatic carbocycles. The molecule has 1 heterocycles. The Hall–Kier alpha value is -2.48. The van der Waals surface area contributed by atoms with Gasteiger partial charge in [0.05, 0.1) is 12.1 Å². The van der Waals surface area contributed by atoms with E-state index in [0.29, 0.717) is 0 Å². The summed E-state index contributed by atoms with van der Waals surface area (Å²) in [6.07, 6.45) is 5.46. The fourth-order valence-corrected chi connectivity index (χ4v) is 4.36. The molecule has 0 aliphatic rings. The van der Waals surface area contributed by atoms with Crippen LogP contribution in [0.25, 0.3) is 5.69 Å². The number of imidazole rings is 1. The van der Waals surface area contributed by atoms with Gasteiger partial charge in [0.1, 0.15) is 0 Å². The molecule has 0 unspecified atom stereocenters. The van der Waals surface area contributed by atoms with Gasteiger partial charge in [-0.2, -0.15) is 0 Å². The van der Waals surface area contributed by atoms with Crippen molar-refractivity contribution in [2.45, 2.75) is 38.7 Å². The van der Waals surface area contributed by atoms with Crippen molar-refractivity contribution in [3.63, 3.8) is 0 Å². The molecule has 6 nitrogen and oxygen atoms in total. The van der Waals surface area contributed by atoms with Gasteiger partial charge in [-0.1, -0.05) is 36.4 Å². The molecule has 0 saturated carbocycles. The molecule has 1 aromatic heterocycles. The Morgan fingerprint density at radius 2 is 1.50 bits per heavy atom. The monoisotopic (exact) mass is 398 g/mol. The zero-order valence-corrected chi connectivity index (χ0v) is 17.0. The van der Waals surface area contributed by atoms with Gasteiger partial charge >= 0.3 is 0 Å². The van der Waals surface area contributed by atoms with Crippen LogP contribution in [0.15, 0.2) is 67.3 Å². The smallest absolute Gasteiger partial charge is 0.216 e. The summed E-state index contributed by atoms with van der Waals surface area (Å²) >= 11 is 0. The quantitative estimate of drug-likeness (QED) is 0.581. The van der Waals surface area contributed by atoms with E-state index in [9.17, 15) is 8.42 Å². The summed E-state index contributed by atoms with van der Waals surface area (Å²) in [5, 5.41) is 3.42. The molecule has 0 spiro atoms. The van der Waals surface area contributed by atoms with Gasteiger partial charge in [-0.3, -0.25) is 0 Å².